The van der Waals surface area contributed by atoms with E-state index in [0.717, 1.165) is 5.56 Å². The van der Waals surface area contributed by atoms with Crippen molar-refractivity contribution in [3.63, 3.8) is 0 Å². The summed E-state index contributed by atoms with van der Waals surface area (Å²) in [5.41, 5.74) is 6.02. The third kappa shape index (κ3) is 5.23. The summed E-state index contributed by atoms with van der Waals surface area (Å²) in [6, 6.07) is 13.7. The molecule has 2 amide bonds. The van der Waals surface area contributed by atoms with E-state index in [9.17, 15) is 9.59 Å². The molecule has 0 radical (unpaired) electrons. The van der Waals surface area contributed by atoms with Crippen molar-refractivity contribution < 1.29 is 9.59 Å². The van der Waals surface area contributed by atoms with Crippen molar-refractivity contribution in [1.82, 2.24) is 16.2 Å². The lowest BCUT2D eigenvalue weighted by Crippen LogP contribution is -2.45. The Hall–Kier alpha value is -2.08. The zero-order valence-electron chi connectivity index (χ0n) is 13.0. The lowest BCUT2D eigenvalue weighted by Gasteiger charge is -2.16. The van der Waals surface area contributed by atoms with E-state index in [1.165, 1.54) is 0 Å². The van der Waals surface area contributed by atoms with Crippen LogP contribution in [0.3, 0.4) is 0 Å². The highest BCUT2D eigenvalue weighted by Crippen LogP contribution is 2.25. The van der Waals surface area contributed by atoms with Gasteiger partial charge in [-0.3, -0.25) is 20.4 Å². The SMILES string of the molecule is C[C@H](NCC(=O)NNC(=O)c1ccccc1)c1ccc(Cl)cc1Cl. The zero-order chi connectivity index (χ0) is 17.5. The number of amides is 2. The molecule has 7 heteroatoms. The molecule has 0 aliphatic carbocycles. The predicted molar refractivity (Wildman–Crippen MR) is 94.9 cm³/mol. The van der Waals surface area contributed by atoms with Gasteiger partial charge in [0.25, 0.3) is 11.8 Å². The molecule has 0 heterocycles. The summed E-state index contributed by atoms with van der Waals surface area (Å²) in [7, 11) is 0. The second-order valence-corrected chi connectivity index (χ2v) is 5.98. The fourth-order valence-corrected chi connectivity index (χ4v) is 2.61. The summed E-state index contributed by atoms with van der Waals surface area (Å²) in [6.07, 6.45) is 0. The molecular weight excluding hydrogens is 349 g/mol. The van der Waals surface area contributed by atoms with Gasteiger partial charge in [0.1, 0.15) is 0 Å². The second kappa shape index (κ2) is 8.68. The Bertz CT molecular complexity index is 723. The number of halogens is 2. The van der Waals surface area contributed by atoms with Crippen LogP contribution in [0.4, 0.5) is 0 Å². The maximum absolute atomic E-state index is 11.8. The van der Waals surface area contributed by atoms with Crippen LogP contribution in [0.1, 0.15) is 28.9 Å². The van der Waals surface area contributed by atoms with Crippen LogP contribution < -0.4 is 16.2 Å². The topological polar surface area (TPSA) is 70.2 Å². The summed E-state index contributed by atoms with van der Waals surface area (Å²) in [4.78, 5) is 23.6. The molecule has 5 nitrogen and oxygen atoms in total. The van der Waals surface area contributed by atoms with Gasteiger partial charge in [0.05, 0.1) is 6.54 Å². The van der Waals surface area contributed by atoms with Crippen molar-refractivity contribution in [2.45, 2.75) is 13.0 Å². The lowest BCUT2D eigenvalue weighted by molar-refractivity contribution is -0.121. The van der Waals surface area contributed by atoms with Crippen LogP contribution in [0.15, 0.2) is 48.5 Å². The van der Waals surface area contributed by atoms with Gasteiger partial charge in [-0.05, 0) is 36.8 Å². The minimum absolute atomic E-state index is 0.0230. The molecule has 0 saturated carbocycles. The second-order valence-electron chi connectivity index (χ2n) is 5.14. The highest BCUT2D eigenvalue weighted by Gasteiger charge is 2.12. The Morgan fingerprint density at radius 3 is 2.42 bits per heavy atom. The van der Waals surface area contributed by atoms with E-state index < -0.39 is 0 Å². The van der Waals surface area contributed by atoms with E-state index in [4.69, 9.17) is 23.2 Å². The number of hydrazine groups is 1. The lowest BCUT2D eigenvalue weighted by atomic mass is 10.1. The number of benzene rings is 2. The first-order valence-electron chi connectivity index (χ1n) is 7.30. The van der Waals surface area contributed by atoms with Gasteiger partial charge in [0.2, 0.25) is 0 Å². The zero-order valence-corrected chi connectivity index (χ0v) is 14.5. The van der Waals surface area contributed by atoms with Crippen LogP contribution >= 0.6 is 23.2 Å². The quantitative estimate of drug-likeness (QED) is 0.713. The molecule has 126 valence electrons. The summed E-state index contributed by atoms with van der Waals surface area (Å²) in [5.74, 6) is -0.742. The molecule has 3 N–H and O–H groups in total. The monoisotopic (exact) mass is 365 g/mol. The van der Waals surface area contributed by atoms with Crippen LogP contribution in [0.25, 0.3) is 0 Å². The average Bonchev–Trinajstić information content (AvgIpc) is 2.58. The molecule has 24 heavy (non-hydrogen) atoms. The molecule has 2 aromatic rings. The normalized spacial score (nSPS) is 11.6. The fraction of sp³-hybridized carbons (Fsp3) is 0.176. The Labute approximate surface area is 150 Å². The average molecular weight is 366 g/mol. The third-order valence-electron chi connectivity index (χ3n) is 3.35. The first kappa shape index (κ1) is 18.3. The molecule has 0 unspecified atom stereocenters. The number of rotatable bonds is 5. The van der Waals surface area contributed by atoms with Gasteiger partial charge in [-0.1, -0.05) is 47.5 Å². The third-order valence-corrected chi connectivity index (χ3v) is 3.91. The largest absolute Gasteiger partial charge is 0.302 e. The van der Waals surface area contributed by atoms with E-state index in [1.807, 2.05) is 13.0 Å². The first-order valence-corrected chi connectivity index (χ1v) is 8.05. The van der Waals surface area contributed by atoms with Crippen LogP contribution in [-0.4, -0.2) is 18.4 Å². The number of hydrogen-bond donors (Lipinski definition) is 3. The van der Waals surface area contributed by atoms with E-state index in [1.54, 1.807) is 42.5 Å². The number of carbonyl (C=O) groups is 2. The maximum Gasteiger partial charge on any atom is 0.269 e. The Morgan fingerprint density at radius 1 is 1.04 bits per heavy atom. The van der Waals surface area contributed by atoms with Gasteiger partial charge < -0.3 is 5.32 Å². The number of hydrogen-bond acceptors (Lipinski definition) is 3. The molecule has 0 aliphatic rings. The minimum atomic E-state index is -0.377. The Kier molecular flexibility index (Phi) is 6.61. The molecule has 2 rings (SSSR count). The Balaban J connectivity index is 1.79. The highest BCUT2D eigenvalue weighted by molar-refractivity contribution is 6.35. The van der Waals surface area contributed by atoms with Crippen LogP contribution in [-0.2, 0) is 4.79 Å². The predicted octanol–water partition coefficient (Wildman–Crippen LogP) is 3.11. The standard InChI is InChI=1S/C17H17Cl2N3O2/c1-11(14-8-7-13(18)9-15(14)19)20-10-16(23)21-22-17(24)12-5-3-2-4-6-12/h2-9,11,20H,10H2,1H3,(H,21,23)(H,22,24)/t11-/m0/s1. The molecule has 0 spiro atoms. The number of nitrogens with one attached hydrogen (secondary N) is 3. The first-order chi connectivity index (χ1) is 11.5. The summed E-state index contributed by atoms with van der Waals surface area (Å²) in [5, 5.41) is 4.11. The van der Waals surface area contributed by atoms with Crippen molar-refractivity contribution in [2.75, 3.05) is 6.54 Å². The van der Waals surface area contributed by atoms with Crippen molar-refractivity contribution in [3.05, 3.63) is 69.7 Å². The molecule has 0 saturated heterocycles. The van der Waals surface area contributed by atoms with E-state index in [2.05, 4.69) is 16.2 Å². The van der Waals surface area contributed by atoms with Gasteiger partial charge in [-0.25, -0.2) is 0 Å². The van der Waals surface area contributed by atoms with E-state index >= 15 is 0 Å². The highest BCUT2D eigenvalue weighted by atomic mass is 35.5. The fourth-order valence-electron chi connectivity index (χ4n) is 2.04. The summed E-state index contributed by atoms with van der Waals surface area (Å²) >= 11 is 12.0. The molecular formula is C17H17Cl2N3O2. The minimum Gasteiger partial charge on any atom is -0.302 e. The van der Waals surface area contributed by atoms with E-state index in [-0.39, 0.29) is 24.4 Å². The maximum atomic E-state index is 11.8. The number of carbonyl (C=O) groups excluding carboxylic acids is 2. The summed E-state index contributed by atoms with van der Waals surface area (Å²) < 4.78 is 0. The molecule has 0 fully saturated rings. The Morgan fingerprint density at radius 2 is 1.75 bits per heavy atom. The van der Waals surface area contributed by atoms with Gasteiger partial charge in [-0.15, -0.1) is 0 Å². The molecule has 0 bridgehead atoms. The molecule has 2 aromatic carbocycles. The van der Waals surface area contributed by atoms with Crippen LogP contribution in [0.2, 0.25) is 10.0 Å². The van der Waals surface area contributed by atoms with Crippen LogP contribution in [0.5, 0.6) is 0 Å². The molecule has 0 aliphatic heterocycles. The van der Waals surface area contributed by atoms with Crippen molar-refractivity contribution in [2.24, 2.45) is 0 Å². The molecule has 0 aromatic heterocycles. The van der Waals surface area contributed by atoms with Crippen LogP contribution in [0, 0.1) is 0 Å². The summed E-state index contributed by atoms with van der Waals surface area (Å²) in [6.45, 7) is 1.90. The van der Waals surface area contributed by atoms with E-state index in [0.29, 0.717) is 15.6 Å². The van der Waals surface area contributed by atoms with Gasteiger partial charge in [-0.2, -0.15) is 0 Å². The van der Waals surface area contributed by atoms with Gasteiger partial charge in [0.15, 0.2) is 0 Å². The van der Waals surface area contributed by atoms with Crippen molar-refractivity contribution in [1.29, 1.82) is 0 Å². The van der Waals surface area contributed by atoms with Gasteiger partial charge >= 0.3 is 0 Å². The smallest absolute Gasteiger partial charge is 0.269 e. The van der Waals surface area contributed by atoms with Crippen molar-refractivity contribution >= 4 is 35.0 Å². The van der Waals surface area contributed by atoms with Crippen molar-refractivity contribution in [3.8, 4) is 0 Å². The van der Waals surface area contributed by atoms with Gasteiger partial charge in [0, 0.05) is 21.7 Å². The molecule has 1 atom stereocenters.